The second kappa shape index (κ2) is 7.07. The summed E-state index contributed by atoms with van der Waals surface area (Å²) in [6.07, 6.45) is 4.90. The predicted molar refractivity (Wildman–Crippen MR) is 106 cm³/mol. The van der Waals surface area contributed by atoms with Gasteiger partial charge in [-0.15, -0.1) is 0 Å². The number of aliphatic imine (C=N–C) groups is 1. The van der Waals surface area contributed by atoms with E-state index in [4.69, 9.17) is 0 Å². The van der Waals surface area contributed by atoms with Gasteiger partial charge in [-0.2, -0.15) is 0 Å². The van der Waals surface area contributed by atoms with Crippen molar-refractivity contribution >= 4 is 33.0 Å². The molecule has 9 heteroatoms. The molecule has 0 fully saturated rings. The van der Waals surface area contributed by atoms with Gasteiger partial charge in [-0.25, -0.2) is 28.4 Å². The fourth-order valence-electron chi connectivity index (χ4n) is 2.64. The van der Waals surface area contributed by atoms with Crippen molar-refractivity contribution in [1.29, 1.82) is 0 Å². The summed E-state index contributed by atoms with van der Waals surface area (Å²) in [5, 5.41) is 0. The lowest BCUT2D eigenvalue weighted by atomic mass is 10.3. The van der Waals surface area contributed by atoms with Crippen LogP contribution in [0.15, 0.2) is 34.4 Å². The Labute approximate surface area is 158 Å². The van der Waals surface area contributed by atoms with Crippen LogP contribution >= 0.6 is 0 Å². The van der Waals surface area contributed by atoms with Gasteiger partial charge in [-0.1, -0.05) is 6.92 Å². The van der Waals surface area contributed by atoms with Crippen molar-refractivity contribution in [2.24, 2.45) is 12.0 Å². The lowest BCUT2D eigenvalue weighted by Gasteiger charge is -2.10. The van der Waals surface area contributed by atoms with Crippen molar-refractivity contribution in [3.8, 4) is 11.5 Å². The molecule has 0 aliphatic heterocycles. The zero-order valence-electron chi connectivity index (χ0n) is 16.0. The summed E-state index contributed by atoms with van der Waals surface area (Å²) in [6, 6.07) is 3.45. The molecular formula is C18H22N6O2S. The van der Waals surface area contributed by atoms with Gasteiger partial charge in [-0.3, -0.25) is 0 Å². The molecule has 3 aromatic heterocycles. The van der Waals surface area contributed by atoms with Crippen LogP contribution in [0, 0.1) is 6.92 Å². The van der Waals surface area contributed by atoms with Crippen LogP contribution in [0.25, 0.3) is 22.7 Å². The SMILES string of the molecule is CCS(=O)(=O)c1cc(N=CN(C)C)cnc1-c1nc2cc(C)cnc2n1C. The van der Waals surface area contributed by atoms with Crippen LogP contribution in [-0.4, -0.2) is 59.0 Å². The van der Waals surface area contributed by atoms with Crippen LogP contribution in [0.4, 0.5) is 5.69 Å². The smallest absolute Gasteiger partial charge is 0.180 e. The first-order valence-electron chi connectivity index (χ1n) is 8.45. The quantitative estimate of drug-likeness (QED) is 0.494. The van der Waals surface area contributed by atoms with Crippen LogP contribution in [0.2, 0.25) is 0 Å². The number of rotatable bonds is 5. The van der Waals surface area contributed by atoms with E-state index in [-0.39, 0.29) is 10.6 Å². The van der Waals surface area contributed by atoms with Crippen molar-refractivity contribution < 1.29 is 8.42 Å². The number of sulfone groups is 1. The summed E-state index contributed by atoms with van der Waals surface area (Å²) in [5.41, 5.74) is 3.12. The van der Waals surface area contributed by atoms with Crippen molar-refractivity contribution in [3.05, 3.63) is 30.1 Å². The van der Waals surface area contributed by atoms with Gasteiger partial charge in [0.05, 0.1) is 28.9 Å². The van der Waals surface area contributed by atoms with Crippen LogP contribution in [0.1, 0.15) is 12.5 Å². The summed E-state index contributed by atoms with van der Waals surface area (Å²) in [5.74, 6) is 0.419. The molecule has 8 nitrogen and oxygen atoms in total. The van der Waals surface area contributed by atoms with E-state index < -0.39 is 9.84 Å². The molecule has 142 valence electrons. The number of fused-ring (bicyclic) bond motifs is 1. The number of aryl methyl sites for hydroxylation is 2. The fourth-order valence-corrected chi connectivity index (χ4v) is 3.69. The Morgan fingerprint density at radius 1 is 1.22 bits per heavy atom. The van der Waals surface area contributed by atoms with E-state index in [0.717, 1.165) is 5.56 Å². The van der Waals surface area contributed by atoms with Gasteiger partial charge in [0.15, 0.2) is 21.3 Å². The van der Waals surface area contributed by atoms with E-state index in [1.165, 1.54) is 0 Å². The summed E-state index contributed by atoms with van der Waals surface area (Å²) in [6.45, 7) is 3.54. The Hall–Kier alpha value is -2.81. The molecule has 0 atom stereocenters. The molecule has 27 heavy (non-hydrogen) atoms. The molecule has 0 amide bonds. The summed E-state index contributed by atoms with van der Waals surface area (Å²) < 4.78 is 27.2. The fraction of sp³-hybridized carbons (Fsp3) is 0.333. The molecule has 3 rings (SSSR count). The molecule has 0 spiro atoms. The van der Waals surface area contributed by atoms with Crippen molar-refractivity contribution in [3.63, 3.8) is 0 Å². The predicted octanol–water partition coefficient (Wildman–Crippen LogP) is 2.35. The minimum atomic E-state index is -3.52. The first-order chi connectivity index (χ1) is 12.7. The molecule has 0 aliphatic rings. The van der Waals surface area contributed by atoms with Crippen LogP contribution < -0.4 is 0 Å². The minimum Gasteiger partial charge on any atom is -0.369 e. The highest BCUT2D eigenvalue weighted by molar-refractivity contribution is 7.91. The molecule has 0 saturated heterocycles. The largest absolute Gasteiger partial charge is 0.369 e. The Kier molecular flexibility index (Phi) is 4.97. The second-order valence-electron chi connectivity index (χ2n) is 6.50. The average Bonchev–Trinajstić information content (AvgIpc) is 2.95. The van der Waals surface area contributed by atoms with Gasteiger partial charge < -0.3 is 9.47 Å². The highest BCUT2D eigenvalue weighted by Gasteiger charge is 2.23. The van der Waals surface area contributed by atoms with Gasteiger partial charge in [0, 0.05) is 27.3 Å². The average molecular weight is 386 g/mol. The number of hydrogen-bond acceptors (Lipinski definition) is 6. The third-order valence-corrected chi connectivity index (χ3v) is 5.79. The molecule has 0 aliphatic carbocycles. The zero-order valence-corrected chi connectivity index (χ0v) is 16.8. The third-order valence-electron chi connectivity index (χ3n) is 4.05. The standard InChI is InChI=1S/C18H22N6O2S/c1-6-27(25,26)15-8-13(21-11-23(3)4)10-19-16(15)18-22-14-7-12(2)9-20-17(14)24(18)5/h7-11H,6H2,1-5H3. The first-order valence-corrected chi connectivity index (χ1v) is 10.1. The number of nitrogens with zero attached hydrogens (tertiary/aromatic N) is 6. The summed E-state index contributed by atoms with van der Waals surface area (Å²) in [4.78, 5) is 19.5. The van der Waals surface area contributed by atoms with Gasteiger partial charge in [0.1, 0.15) is 11.2 Å². The molecule has 0 N–H and O–H groups in total. The van der Waals surface area contributed by atoms with Gasteiger partial charge in [-0.05, 0) is 24.6 Å². The molecule has 0 bridgehead atoms. The van der Waals surface area contributed by atoms with Crippen LogP contribution in [-0.2, 0) is 16.9 Å². The Balaban J connectivity index is 2.25. The normalized spacial score (nSPS) is 12.2. The van der Waals surface area contributed by atoms with Gasteiger partial charge >= 0.3 is 0 Å². The van der Waals surface area contributed by atoms with Crippen molar-refractivity contribution in [2.45, 2.75) is 18.7 Å². The number of pyridine rings is 2. The molecular weight excluding hydrogens is 364 g/mol. The number of hydrogen-bond donors (Lipinski definition) is 0. The number of aromatic nitrogens is 4. The summed E-state index contributed by atoms with van der Waals surface area (Å²) >= 11 is 0. The van der Waals surface area contributed by atoms with Gasteiger partial charge in [0.25, 0.3) is 0 Å². The maximum Gasteiger partial charge on any atom is 0.180 e. The van der Waals surface area contributed by atoms with Crippen molar-refractivity contribution in [2.75, 3.05) is 19.8 Å². The zero-order chi connectivity index (χ0) is 19.8. The minimum absolute atomic E-state index is 0.0379. The maximum absolute atomic E-state index is 12.7. The lowest BCUT2D eigenvalue weighted by molar-refractivity contribution is 0.597. The first kappa shape index (κ1) is 19.0. The summed E-state index contributed by atoms with van der Waals surface area (Å²) in [7, 11) is 1.95. The van der Waals surface area contributed by atoms with Crippen LogP contribution in [0.5, 0.6) is 0 Å². The van der Waals surface area contributed by atoms with Crippen LogP contribution in [0.3, 0.4) is 0 Å². The van der Waals surface area contributed by atoms with Gasteiger partial charge in [0.2, 0.25) is 0 Å². The van der Waals surface area contributed by atoms with E-state index in [0.29, 0.717) is 28.4 Å². The molecule has 3 aromatic rings. The van der Waals surface area contributed by atoms with E-state index in [1.807, 2.05) is 27.1 Å². The topological polar surface area (TPSA) is 93.3 Å². The molecule has 0 unspecified atom stereocenters. The molecule has 0 aromatic carbocycles. The molecule has 0 radical (unpaired) electrons. The van der Waals surface area contributed by atoms with E-state index >= 15 is 0 Å². The van der Waals surface area contributed by atoms with E-state index in [2.05, 4.69) is 19.9 Å². The maximum atomic E-state index is 12.7. The van der Waals surface area contributed by atoms with E-state index in [9.17, 15) is 8.42 Å². The van der Waals surface area contributed by atoms with Crippen molar-refractivity contribution in [1.82, 2.24) is 24.4 Å². The highest BCUT2D eigenvalue weighted by atomic mass is 32.2. The Bertz CT molecular complexity index is 1130. The monoisotopic (exact) mass is 386 g/mol. The lowest BCUT2D eigenvalue weighted by Crippen LogP contribution is -2.09. The Morgan fingerprint density at radius 3 is 2.63 bits per heavy atom. The third kappa shape index (κ3) is 3.68. The molecule has 0 saturated carbocycles. The Morgan fingerprint density at radius 2 is 1.96 bits per heavy atom. The van der Waals surface area contributed by atoms with E-state index in [1.54, 1.807) is 48.2 Å². The highest BCUT2D eigenvalue weighted by Crippen LogP contribution is 2.30. The molecule has 3 heterocycles. The second-order valence-corrected chi connectivity index (χ2v) is 8.75. The number of imidazole rings is 1.